The van der Waals surface area contributed by atoms with Crippen LogP contribution >= 0.6 is 12.4 Å². The fraction of sp³-hybridized carbons (Fsp3) is 1.00. The SMILES string of the molecule is CC1CCCCN1S(=O)(=O)N[C@H](C)CN.Cl. The van der Waals surface area contributed by atoms with Crippen molar-refractivity contribution in [2.75, 3.05) is 13.1 Å². The van der Waals surface area contributed by atoms with Crippen LogP contribution in [0.5, 0.6) is 0 Å². The molecule has 0 aromatic carbocycles. The summed E-state index contributed by atoms with van der Waals surface area (Å²) in [5, 5.41) is 0. The number of piperidine rings is 1. The van der Waals surface area contributed by atoms with Crippen molar-refractivity contribution in [2.24, 2.45) is 5.73 Å². The zero-order chi connectivity index (χ0) is 11.5. The highest BCUT2D eigenvalue weighted by Gasteiger charge is 2.29. The minimum Gasteiger partial charge on any atom is -0.329 e. The van der Waals surface area contributed by atoms with E-state index < -0.39 is 10.2 Å². The van der Waals surface area contributed by atoms with Crippen molar-refractivity contribution in [3.8, 4) is 0 Å². The Kier molecular flexibility index (Phi) is 6.81. The molecule has 0 aromatic heterocycles. The van der Waals surface area contributed by atoms with E-state index in [4.69, 9.17) is 5.73 Å². The van der Waals surface area contributed by atoms with Gasteiger partial charge < -0.3 is 5.73 Å². The van der Waals surface area contributed by atoms with Crippen LogP contribution in [0.15, 0.2) is 0 Å². The summed E-state index contributed by atoms with van der Waals surface area (Å²) in [5.41, 5.74) is 5.40. The number of halogens is 1. The van der Waals surface area contributed by atoms with Crippen LogP contribution < -0.4 is 10.5 Å². The Morgan fingerprint density at radius 3 is 2.62 bits per heavy atom. The van der Waals surface area contributed by atoms with Crippen molar-refractivity contribution in [1.82, 2.24) is 9.03 Å². The first kappa shape index (κ1) is 16.1. The predicted molar refractivity (Wildman–Crippen MR) is 67.8 cm³/mol. The molecule has 1 aliphatic rings. The summed E-state index contributed by atoms with van der Waals surface area (Å²) in [5.74, 6) is 0. The third-order valence-corrected chi connectivity index (χ3v) is 4.61. The van der Waals surface area contributed by atoms with Gasteiger partial charge in [0.15, 0.2) is 0 Å². The second-order valence-electron chi connectivity index (χ2n) is 4.22. The van der Waals surface area contributed by atoms with Gasteiger partial charge in [-0.05, 0) is 26.7 Å². The highest BCUT2D eigenvalue weighted by molar-refractivity contribution is 7.87. The number of nitrogens with zero attached hydrogens (tertiary/aromatic N) is 1. The van der Waals surface area contributed by atoms with Gasteiger partial charge in [0.05, 0.1) is 0 Å². The Bertz CT molecular complexity index is 297. The summed E-state index contributed by atoms with van der Waals surface area (Å²) >= 11 is 0. The van der Waals surface area contributed by atoms with Crippen LogP contribution in [0.2, 0.25) is 0 Å². The van der Waals surface area contributed by atoms with E-state index in [-0.39, 0.29) is 24.5 Å². The topological polar surface area (TPSA) is 75.4 Å². The van der Waals surface area contributed by atoms with E-state index in [2.05, 4.69) is 4.72 Å². The van der Waals surface area contributed by atoms with Crippen LogP contribution in [0.4, 0.5) is 0 Å². The van der Waals surface area contributed by atoms with Crippen LogP contribution in [0, 0.1) is 0 Å². The van der Waals surface area contributed by atoms with Gasteiger partial charge in [-0.25, -0.2) is 0 Å². The molecule has 98 valence electrons. The monoisotopic (exact) mass is 271 g/mol. The lowest BCUT2D eigenvalue weighted by Crippen LogP contribution is -2.51. The predicted octanol–water partition coefficient (Wildman–Crippen LogP) is 0.464. The lowest BCUT2D eigenvalue weighted by molar-refractivity contribution is 0.264. The number of nitrogens with two attached hydrogens (primary N) is 1. The minimum absolute atomic E-state index is 0. The highest BCUT2D eigenvalue weighted by atomic mass is 35.5. The van der Waals surface area contributed by atoms with E-state index in [1.54, 1.807) is 11.2 Å². The van der Waals surface area contributed by atoms with Crippen molar-refractivity contribution >= 4 is 22.6 Å². The minimum atomic E-state index is -3.34. The first-order valence-corrected chi connectivity index (χ1v) is 6.90. The molecule has 1 fully saturated rings. The molecule has 2 atom stereocenters. The smallest absolute Gasteiger partial charge is 0.279 e. The van der Waals surface area contributed by atoms with Gasteiger partial charge >= 0.3 is 0 Å². The largest absolute Gasteiger partial charge is 0.329 e. The molecule has 0 amide bonds. The molecule has 1 unspecified atom stereocenters. The molecule has 0 radical (unpaired) electrons. The molecule has 0 spiro atoms. The van der Waals surface area contributed by atoms with Crippen molar-refractivity contribution < 1.29 is 8.42 Å². The van der Waals surface area contributed by atoms with Crippen LogP contribution in [-0.4, -0.2) is 37.9 Å². The molecule has 1 rings (SSSR count). The van der Waals surface area contributed by atoms with Gasteiger partial charge in [0, 0.05) is 25.2 Å². The number of hydrogen-bond acceptors (Lipinski definition) is 3. The van der Waals surface area contributed by atoms with E-state index >= 15 is 0 Å². The Balaban J connectivity index is 0.00000225. The summed E-state index contributed by atoms with van der Waals surface area (Å²) in [6, 6.07) is -0.106. The lowest BCUT2D eigenvalue weighted by atomic mass is 10.1. The van der Waals surface area contributed by atoms with Gasteiger partial charge in [-0.1, -0.05) is 6.42 Å². The van der Waals surface area contributed by atoms with E-state index in [0.717, 1.165) is 19.3 Å². The molecule has 0 aliphatic carbocycles. The molecule has 0 bridgehead atoms. The summed E-state index contributed by atoms with van der Waals surface area (Å²) in [7, 11) is -3.34. The number of hydrogen-bond donors (Lipinski definition) is 2. The van der Waals surface area contributed by atoms with E-state index in [9.17, 15) is 8.42 Å². The first-order chi connectivity index (χ1) is 6.97. The third kappa shape index (κ3) is 4.18. The average Bonchev–Trinajstić information content (AvgIpc) is 2.17. The second kappa shape index (κ2) is 6.76. The summed E-state index contributed by atoms with van der Waals surface area (Å²) in [4.78, 5) is 0. The fourth-order valence-electron chi connectivity index (χ4n) is 1.80. The zero-order valence-corrected chi connectivity index (χ0v) is 11.5. The van der Waals surface area contributed by atoms with Crippen LogP contribution in [0.3, 0.4) is 0 Å². The van der Waals surface area contributed by atoms with Crippen LogP contribution in [0.1, 0.15) is 33.1 Å². The molecule has 0 saturated carbocycles. The molecule has 1 saturated heterocycles. The maximum atomic E-state index is 11.9. The Labute approximate surface area is 104 Å². The van der Waals surface area contributed by atoms with Crippen molar-refractivity contribution in [3.63, 3.8) is 0 Å². The molecule has 0 aromatic rings. The lowest BCUT2D eigenvalue weighted by Gasteiger charge is -2.33. The van der Waals surface area contributed by atoms with Gasteiger partial charge in [0.1, 0.15) is 0 Å². The second-order valence-corrected chi connectivity index (χ2v) is 5.87. The highest BCUT2D eigenvalue weighted by Crippen LogP contribution is 2.19. The Morgan fingerprint density at radius 2 is 2.12 bits per heavy atom. The van der Waals surface area contributed by atoms with Crippen LogP contribution in [-0.2, 0) is 10.2 Å². The van der Waals surface area contributed by atoms with Gasteiger partial charge in [-0.15, -0.1) is 12.4 Å². The summed E-state index contributed by atoms with van der Waals surface area (Å²) in [6.45, 7) is 4.66. The van der Waals surface area contributed by atoms with E-state index in [1.807, 2.05) is 6.92 Å². The summed E-state index contributed by atoms with van der Waals surface area (Å²) in [6.07, 6.45) is 3.00. The molecule has 1 aliphatic heterocycles. The molecule has 3 N–H and O–H groups in total. The number of rotatable bonds is 4. The average molecular weight is 272 g/mol. The first-order valence-electron chi connectivity index (χ1n) is 5.46. The maximum absolute atomic E-state index is 11.9. The van der Waals surface area contributed by atoms with Crippen molar-refractivity contribution in [1.29, 1.82) is 0 Å². The van der Waals surface area contributed by atoms with E-state index in [1.165, 1.54) is 0 Å². The zero-order valence-electron chi connectivity index (χ0n) is 9.85. The van der Waals surface area contributed by atoms with Gasteiger partial charge in [0.2, 0.25) is 0 Å². The molecular weight excluding hydrogens is 250 g/mol. The van der Waals surface area contributed by atoms with Gasteiger partial charge in [-0.2, -0.15) is 17.4 Å². The fourth-order valence-corrected chi connectivity index (χ4v) is 3.49. The van der Waals surface area contributed by atoms with Gasteiger partial charge in [-0.3, -0.25) is 0 Å². The molecular formula is C9H22ClN3O2S. The Hall–Kier alpha value is 0.120. The van der Waals surface area contributed by atoms with Crippen molar-refractivity contribution in [2.45, 2.75) is 45.2 Å². The van der Waals surface area contributed by atoms with Crippen LogP contribution in [0.25, 0.3) is 0 Å². The maximum Gasteiger partial charge on any atom is 0.279 e. The quantitative estimate of drug-likeness (QED) is 0.780. The molecule has 1 heterocycles. The molecule has 16 heavy (non-hydrogen) atoms. The van der Waals surface area contributed by atoms with E-state index in [0.29, 0.717) is 13.1 Å². The molecule has 7 heteroatoms. The van der Waals surface area contributed by atoms with Gasteiger partial charge in [0.25, 0.3) is 10.2 Å². The molecule has 5 nitrogen and oxygen atoms in total. The third-order valence-electron chi connectivity index (χ3n) is 2.75. The standard InChI is InChI=1S/C9H21N3O2S.ClH/c1-8(7-10)11-15(13,14)12-6-4-3-5-9(12)2;/h8-9,11H,3-7,10H2,1-2H3;1H/t8-,9?;/m1./s1. The normalized spacial score (nSPS) is 24.8. The number of nitrogens with one attached hydrogen (secondary N) is 1. The summed E-state index contributed by atoms with van der Waals surface area (Å²) < 4.78 is 28.0. The Morgan fingerprint density at radius 1 is 1.50 bits per heavy atom. The van der Waals surface area contributed by atoms with Crippen molar-refractivity contribution in [3.05, 3.63) is 0 Å².